The second kappa shape index (κ2) is 11.1. The van der Waals surface area contributed by atoms with Crippen LogP contribution in [0.2, 0.25) is 0 Å². The maximum Gasteiger partial charge on any atom is 0.355 e. The number of nitrogens with one attached hydrogen (secondary N) is 4. The van der Waals surface area contributed by atoms with Crippen LogP contribution in [0.1, 0.15) is 28.0 Å². The summed E-state index contributed by atoms with van der Waals surface area (Å²) in [6.45, 7) is 2.27. The van der Waals surface area contributed by atoms with Crippen molar-refractivity contribution in [1.29, 1.82) is 5.41 Å². The highest BCUT2D eigenvalue weighted by atomic mass is 16.5. The Morgan fingerprint density at radius 3 is 2.60 bits per heavy atom. The van der Waals surface area contributed by atoms with Gasteiger partial charge in [-0.05, 0) is 42.3 Å². The number of ether oxygens (including phenoxy) is 1. The third-order valence-electron chi connectivity index (χ3n) is 5.33. The SMILES string of the molecule is N=C(N)NCCCNCc1ccc(-n2cc3cc(C(=O)OCc4ccccc4)[nH]c3nc2=O)cc1. The van der Waals surface area contributed by atoms with Gasteiger partial charge < -0.3 is 26.1 Å². The largest absolute Gasteiger partial charge is 0.456 e. The number of carbonyl (C=O) groups is 1. The Labute approximate surface area is 201 Å². The van der Waals surface area contributed by atoms with Crippen LogP contribution < -0.4 is 22.1 Å². The van der Waals surface area contributed by atoms with Crippen LogP contribution in [0, 0.1) is 5.41 Å². The molecular formula is C25H27N7O3. The van der Waals surface area contributed by atoms with E-state index in [1.807, 2.05) is 54.6 Å². The van der Waals surface area contributed by atoms with Gasteiger partial charge in [-0.15, -0.1) is 0 Å². The van der Waals surface area contributed by atoms with Gasteiger partial charge in [0.05, 0.1) is 5.69 Å². The maximum atomic E-state index is 12.6. The summed E-state index contributed by atoms with van der Waals surface area (Å²) >= 11 is 0. The molecule has 4 rings (SSSR count). The number of guanidine groups is 1. The highest BCUT2D eigenvalue weighted by Crippen LogP contribution is 2.15. The molecule has 2 aromatic heterocycles. The number of fused-ring (bicyclic) bond motifs is 1. The number of hydrogen-bond donors (Lipinski definition) is 5. The lowest BCUT2D eigenvalue weighted by molar-refractivity contribution is 0.0467. The molecule has 0 bridgehead atoms. The van der Waals surface area contributed by atoms with E-state index in [0.29, 0.717) is 29.8 Å². The maximum absolute atomic E-state index is 12.6. The predicted octanol–water partition coefficient (Wildman–Crippen LogP) is 2.03. The first-order valence-corrected chi connectivity index (χ1v) is 11.2. The van der Waals surface area contributed by atoms with Gasteiger partial charge in [-0.25, -0.2) is 9.59 Å². The Balaban J connectivity index is 1.39. The predicted molar refractivity (Wildman–Crippen MR) is 133 cm³/mol. The number of H-pyrrole nitrogens is 1. The number of aromatic nitrogens is 3. The molecule has 0 saturated carbocycles. The van der Waals surface area contributed by atoms with Gasteiger partial charge in [0.15, 0.2) is 5.96 Å². The number of benzene rings is 2. The molecule has 10 heteroatoms. The molecule has 0 unspecified atom stereocenters. The van der Waals surface area contributed by atoms with E-state index >= 15 is 0 Å². The van der Waals surface area contributed by atoms with Crippen LogP contribution in [0.3, 0.4) is 0 Å². The molecule has 180 valence electrons. The summed E-state index contributed by atoms with van der Waals surface area (Å²) in [4.78, 5) is 32.0. The number of esters is 1. The van der Waals surface area contributed by atoms with E-state index < -0.39 is 11.7 Å². The number of rotatable bonds is 10. The molecule has 0 saturated heterocycles. The van der Waals surface area contributed by atoms with Crippen LogP contribution in [0.25, 0.3) is 16.7 Å². The second-order valence-electron chi connectivity index (χ2n) is 7.98. The molecule has 0 spiro atoms. The van der Waals surface area contributed by atoms with E-state index in [1.54, 1.807) is 12.3 Å². The molecule has 0 aliphatic rings. The molecule has 35 heavy (non-hydrogen) atoms. The van der Waals surface area contributed by atoms with E-state index in [9.17, 15) is 9.59 Å². The second-order valence-corrected chi connectivity index (χ2v) is 7.98. The van der Waals surface area contributed by atoms with Gasteiger partial charge in [0.2, 0.25) is 0 Å². The Bertz CT molecular complexity index is 1360. The van der Waals surface area contributed by atoms with Crippen LogP contribution in [-0.4, -0.2) is 39.6 Å². The van der Waals surface area contributed by atoms with Crippen molar-refractivity contribution in [3.05, 3.63) is 94.2 Å². The first-order chi connectivity index (χ1) is 17.0. The average Bonchev–Trinajstić information content (AvgIpc) is 3.28. The molecule has 0 fully saturated rings. The molecule has 0 atom stereocenters. The molecule has 0 aliphatic heterocycles. The quantitative estimate of drug-likeness (QED) is 0.102. The lowest BCUT2D eigenvalue weighted by atomic mass is 10.2. The topological polar surface area (TPSA) is 151 Å². The van der Waals surface area contributed by atoms with E-state index in [0.717, 1.165) is 24.1 Å². The Hall–Kier alpha value is -4.44. The van der Waals surface area contributed by atoms with Crippen molar-refractivity contribution in [2.45, 2.75) is 19.6 Å². The summed E-state index contributed by atoms with van der Waals surface area (Å²) in [6.07, 6.45) is 2.50. The smallest absolute Gasteiger partial charge is 0.355 e. The third-order valence-corrected chi connectivity index (χ3v) is 5.33. The highest BCUT2D eigenvalue weighted by molar-refractivity contribution is 5.93. The molecule has 2 aromatic carbocycles. The number of aromatic amines is 1. The van der Waals surface area contributed by atoms with E-state index in [-0.39, 0.29) is 18.3 Å². The molecule has 6 N–H and O–H groups in total. The summed E-state index contributed by atoms with van der Waals surface area (Å²) < 4.78 is 6.80. The number of hydrogen-bond acceptors (Lipinski definition) is 6. The lowest BCUT2D eigenvalue weighted by Gasteiger charge is -2.08. The van der Waals surface area contributed by atoms with Crippen molar-refractivity contribution >= 4 is 23.0 Å². The van der Waals surface area contributed by atoms with Crippen LogP contribution in [0.5, 0.6) is 0 Å². The molecule has 4 aromatic rings. The van der Waals surface area contributed by atoms with Crippen molar-refractivity contribution in [3.63, 3.8) is 0 Å². The summed E-state index contributed by atoms with van der Waals surface area (Å²) in [5, 5.41) is 13.8. The van der Waals surface area contributed by atoms with Gasteiger partial charge in [-0.1, -0.05) is 42.5 Å². The van der Waals surface area contributed by atoms with Gasteiger partial charge in [-0.3, -0.25) is 9.98 Å². The van der Waals surface area contributed by atoms with Gasteiger partial charge in [-0.2, -0.15) is 4.98 Å². The number of nitrogens with zero attached hydrogens (tertiary/aromatic N) is 2. The fourth-order valence-electron chi connectivity index (χ4n) is 3.53. The fraction of sp³-hybridized carbons (Fsp3) is 0.200. The van der Waals surface area contributed by atoms with E-state index in [4.69, 9.17) is 15.9 Å². The average molecular weight is 474 g/mol. The zero-order chi connectivity index (χ0) is 24.6. The first kappa shape index (κ1) is 23.7. The standard InChI is InChI=1S/C25H27N7O3/c26-24(27)29-12-4-11-28-14-17-7-9-20(10-8-17)32-15-19-13-21(30-22(19)31-25(32)34)23(33)35-16-18-5-2-1-3-6-18/h1-3,5-10,13,15,28H,4,11-12,14,16H2,(H4,26,27,29)(H,30,31,34). The van der Waals surface area contributed by atoms with Crippen molar-refractivity contribution in [3.8, 4) is 5.69 Å². The first-order valence-electron chi connectivity index (χ1n) is 11.2. The monoisotopic (exact) mass is 473 g/mol. The minimum atomic E-state index is -0.514. The summed E-state index contributed by atoms with van der Waals surface area (Å²) in [7, 11) is 0. The van der Waals surface area contributed by atoms with Gasteiger partial charge in [0.1, 0.15) is 17.9 Å². The summed E-state index contributed by atoms with van der Waals surface area (Å²) in [5.41, 5.74) is 8.00. The fourth-order valence-corrected chi connectivity index (χ4v) is 3.53. The van der Waals surface area contributed by atoms with E-state index in [1.165, 1.54) is 4.57 Å². The van der Waals surface area contributed by atoms with Crippen LogP contribution >= 0.6 is 0 Å². The molecule has 2 heterocycles. The van der Waals surface area contributed by atoms with Crippen molar-refractivity contribution in [2.24, 2.45) is 5.73 Å². The van der Waals surface area contributed by atoms with Gasteiger partial charge in [0.25, 0.3) is 0 Å². The van der Waals surface area contributed by atoms with Gasteiger partial charge >= 0.3 is 11.7 Å². The van der Waals surface area contributed by atoms with Gasteiger partial charge in [0, 0.05) is 24.7 Å². The lowest BCUT2D eigenvalue weighted by Crippen LogP contribution is -2.32. The summed E-state index contributed by atoms with van der Waals surface area (Å²) in [6, 6.07) is 18.6. The van der Waals surface area contributed by atoms with Crippen LogP contribution in [-0.2, 0) is 17.9 Å². The number of nitrogens with two attached hydrogens (primary N) is 1. The Morgan fingerprint density at radius 1 is 1.09 bits per heavy atom. The van der Waals surface area contributed by atoms with Crippen molar-refractivity contribution in [1.82, 2.24) is 25.2 Å². The number of carbonyl (C=O) groups excluding carboxylic acids is 1. The van der Waals surface area contributed by atoms with Crippen molar-refractivity contribution in [2.75, 3.05) is 13.1 Å². The zero-order valence-electron chi connectivity index (χ0n) is 19.1. The summed E-state index contributed by atoms with van der Waals surface area (Å²) in [5.74, 6) is -0.540. The van der Waals surface area contributed by atoms with E-state index in [2.05, 4.69) is 20.6 Å². The minimum absolute atomic E-state index is 0.0256. The van der Waals surface area contributed by atoms with Crippen molar-refractivity contribution < 1.29 is 9.53 Å². The third kappa shape index (κ3) is 6.33. The molecule has 0 radical (unpaired) electrons. The van der Waals surface area contributed by atoms with Crippen LogP contribution in [0.4, 0.5) is 0 Å². The van der Waals surface area contributed by atoms with Crippen LogP contribution in [0.15, 0.2) is 71.7 Å². The molecule has 0 aliphatic carbocycles. The Morgan fingerprint density at radius 2 is 1.86 bits per heavy atom. The highest BCUT2D eigenvalue weighted by Gasteiger charge is 2.14. The molecular weight excluding hydrogens is 446 g/mol. The molecule has 10 nitrogen and oxygen atoms in total. The molecule has 0 amide bonds. The minimum Gasteiger partial charge on any atom is -0.456 e. The zero-order valence-corrected chi connectivity index (χ0v) is 19.1. The Kier molecular flexibility index (Phi) is 7.53. The normalized spacial score (nSPS) is 10.9.